The molecule has 1 amide bonds. The zero-order chi connectivity index (χ0) is 22.9. The van der Waals surface area contributed by atoms with Crippen LogP contribution in [0.4, 0.5) is 18.9 Å². The molecule has 2 atom stereocenters. The average Bonchev–Trinajstić information content (AvgIpc) is 3.18. The Morgan fingerprint density at radius 2 is 1.94 bits per heavy atom. The molecule has 5 nitrogen and oxygen atoms in total. The standard InChI is InChI=1S/C24H24F3N3O2/c25-24(26,27)21-11-20(7-6-18(21)12-28)29-9-8-23(16-31)15-30(14-19(23)13-29)22(32)10-17-4-2-1-3-5-17/h1-7,11,19,31H,8-10,13-16H2/t19-,23+/m1/s1. The average molecular weight is 443 g/mol. The second-order valence-electron chi connectivity index (χ2n) is 8.69. The Morgan fingerprint density at radius 3 is 2.59 bits per heavy atom. The molecule has 0 unspecified atom stereocenters. The smallest absolute Gasteiger partial charge is 0.396 e. The van der Waals surface area contributed by atoms with Gasteiger partial charge in [0.15, 0.2) is 0 Å². The van der Waals surface area contributed by atoms with Crippen LogP contribution in [0.1, 0.15) is 23.1 Å². The number of alkyl halides is 3. The number of halogens is 3. The highest BCUT2D eigenvalue weighted by atomic mass is 19.4. The minimum Gasteiger partial charge on any atom is -0.396 e. The van der Waals surface area contributed by atoms with Crippen molar-refractivity contribution < 1.29 is 23.1 Å². The van der Waals surface area contributed by atoms with Crippen LogP contribution in [0, 0.1) is 22.7 Å². The highest BCUT2D eigenvalue weighted by Gasteiger charge is 2.50. The van der Waals surface area contributed by atoms with E-state index in [0.717, 1.165) is 11.6 Å². The lowest BCUT2D eigenvalue weighted by atomic mass is 9.73. The normalized spacial score (nSPS) is 23.0. The van der Waals surface area contributed by atoms with Crippen LogP contribution in [-0.4, -0.2) is 48.7 Å². The number of piperidine rings is 1. The van der Waals surface area contributed by atoms with Crippen molar-refractivity contribution in [2.45, 2.75) is 19.0 Å². The number of aliphatic hydroxyl groups is 1. The molecule has 0 spiro atoms. The first-order valence-corrected chi connectivity index (χ1v) is 10.5. The number of fused-ring (bicyclic) bond motifs is 1. The maximum Gasteiger partial charge on any atom is 0.417 e. The molecule has 0 bridgehead atoms. The van der Waals surface area contributed by atoms with Gasteiger partial charge in [0.05, 0.1) is 30.2 Å². The molecule has 2 heterocycles. The third-order valence-corrected chi connectivity index (χ3v) is 6.79. The van der Waals surface area contributed by atoms with Crippen LogP contribution in [0.25, 0.3) is 0 Å². The summed E-state index contributed by atoms with van der Waals surface area (Å²) in [6, 6.07) is 14.8. The first-order chi connectivity index (χ1) is 15.3. The molecule has 0 saturated carbocycles. The summed E-state index contributed by atoms with van der Waals surface area (Å²) in [7, 11) is 0. The number of benzene rings is 2. The van der Waals surface area contributed by atoms with Crippen LogP contribution < -0.4 is 4.90 Å². The Morgan fingerprint density at radius 1 is 1.19 bits per heavy atom. The summed E-state index contributed by atoms with van der Waals surface area (Å²) in [4.78, 5) is 16.5. The number of rotatable bonds is 4. The molecule has 1 N–H and O–H groups in total. The van der Waals surface area contributed by atoms with Crippen LogP contribution in [-0.2, 0) is 17.4 Å². The molecule has 32 heavy (non-hydrogen) atoms. The van der Waals surface area contributed by atoms with Gasteiger partial charge in [-0.15, -0.1) is 0 Å². The number of likely N-dealkylation sites (tertiary alicyclic amines) is 1. The zero-order valence-corrected chi connectivity index (χ0v) is 17.5. The summed E-state index contributed by atoms with van der Waals surface area (Å²) in [6.45, 7) is 1.77. The van der Waals surface area contributed by atoms with E-state index in [1.54, 1.807) is 11.0 Å². The van der Waals surface area contributed by atoms with Gasteiger partial charge in [-0.25, -0.2) is 0 Å². The maximum absolute atomic E-state index is 13.4. The number of amides is 1. The monoisotopic (exact) mass is 443 g/mol. The Bertz CT molecular complexity index is 1040. The molecule has 0 aromatic heterocycles. The minimum atomic E-state index is -4.61. The van der Waals surface area contributed by atoms with Gasteiger partial charge in [0.2, 0.25) is 5.91 Å². The van der Waals surface area contributed by atoms with E-state index in [4.69, 9.17) is 5.26 Å². The van der Waals surface area contributed by atoms with Crippen LogP contribution in [0.3, 0.4) is 0 Å². The number of carbonyl (C=O) groups is 1. The molecule has 2 aromatic rings. The van der Waals surface area contributed by atoms with Crippen molar-refractivity contribution in [2.24, 2.45) is 11.3 Å². The molecular formula is C24H24F3N3O2. The summed E-state index contributed by atoms with van der Waals surface area (Å²) < 4.78 is 40.2. The van der Waals surface area contributed by atoms with E-state index in [9.17, 15) is 23.1 Å². The van der Waals surface area contributed by atoms with Crippen molar-refractivity contribution in [1.82, 2.24) is 4.90 Å². The molecule has 2 aliphatic heterocycles. The van der Waals surface area contributed by atoms with Gasteiger partial charge in [-0.3, -0.25) is 4.79 Å². The van der Waals surface area contributed by atoms with Gasteiger partial charge in [0, 0.05) is 43.2 Å². The van der Waals surface area contributed by atoms with E-state index in [-0.39, 0.29) is 24.9 Å². The summed E-state index contributed by atoms with van der Waals surface area (Å²) >= 11 is 0. The summed E-state index contributed by atoms with van der Waals surface area (Å²) in [5, 5.41) is 19.2. The molecule has 2 fully saturated rings. The number of anilines is 1. The largest absolute Gasteiger partial charge is 0.417 e. The second-order valence-corrected chi connectivity index (χ2v) is 8.69. The third-order valence-electron chi connectivity index (χ3n) is 6.79. The van der Waals surface area contributed by atoms with Crippen LogP contribution in [0.5, 0.6) is 0 Å². The van der Waals surface area contributed by atoms with Gasteiger partial charge in [-0.1, -0.05) is 30.3 Å². The number of hydrogen-bond donors (Lipinski definition) is 1. The zero-order valence-electron chi connectivity index (χ0n) is 17.5. The predicted molar refractivity (Wildman–Crippen MR) is 113 cm³/mol. The Kier molecular flexibility index (Phi) is 5.87. The Labute approximate surface area is 184 Å². The SMILES string of the molecule is N#Cc1ccc(N2CC[C@@]3(CO)CN(C(=O)Cc4ccccc4)C[C@H]3C2)cc1C(F)(F)F. The first-order valence-electron chi connectivity index (χ1n) is 10.5. The van der Waals surface area contributed by atoms with Gasteiger partial charge in [0.25, 0.3) is 0 Å². The van der Waals surface area contributed by atoms with Crippen molar-refractivity contribution in [1.29, 1.82) is 5.26 Å². The molecule has 4 rings (SSSR count). The van der Waals surface area contributed by atoms with Crippen molar-refractivity contribution in [3.63, 3.8) is 0 Å². The number of nitrogens with zero attached hydrogens (tertiary/aromatic N) is 3. The molecule has 2 aliphatic rings. The fourth-order valence-electron chi connectivity index (χ4n) is 4.91. The number of carbonyl (C=O) groups excluding carboxylic acids is 1. The lowest BCUT2D eigenvalue weighted by Gasteiger charge is -2.43. The topological polar surface area (TPSA) is 67.6 Å². The molecule has 168 valence electrons. The van der Waals surface area contributed by atoms with Gasteiger partial charge >= 0.3 is 6.18 Å². The fourth-order valence-corrected chi connectivity index (χ4v) is 4.91. The minimum absolute atomic E-state index is 0.0114. The Hall–Kier alpha value is -3.05. The van der Waals surface area contributed by atoms with Crippen molar-refractivity contribution in [3.05, 3.63) is 65.2 Å². The van der Waals surface area contributed by atoms with Crippen molar-refractivity contribution in [3.8, 4) is 6.07 Å². The van der Waals surface area contributed by atoms with Gasteiger partial charge in [0.1, 0.15) is 0 Å². The first kappa shape index (κ1) is 22.2. The molecule has 2 saturated heterocycles. The molecule has 2 aromatic carbocycles. The number of nitriles is 1. The Balaban J connectivity index is 1.52. The van der Waals surface area contributed by atoms with Crippen molar-refractivity contribution >= 4 is 11.6 Å². The molecule has 0 radical (unpaired) electrons. The third kappa shape index (κ3) is 4.17. The van der Waals surface area contributed by atoms with Crippen LogP contribution in [0.15, 0.2) is 48.5 Å². The van der Waals surface area contributed by atoms with Crippen LogP contribution >= 0.6 is 0 Å². The molecule has 8 heteroatoms. The van der Waals surface area contributed by atoms with E-state index in [1.807, 2.05) is 35.2 Å². The predicted octanol–water partition coefficient (Wildman–Crippen LogP) is 3.47. The lowest BCUT2D eigenvalue weighted by Crippen LogP contribution is -2.49. The number of aliphatic hydroxyl groups excluding tert-OH is 1. The van der Waals surface area contributed by atoms with E-state index < -0.39 is 22.7 Å². The van der Waals surface area contributed by atoms with E-state index >= 15 is 0 Å². The molecule has 0 aliphatic carbocycles. The quantitative estimate of drug-likeness (QED) is 0.786. The second kappa shape index (κ2) is 8.47. The van der Waals surface area contributed by atoms with Gasteiger partial charge in [-0.2, -0.15) is 18.4 Å². The lowest BCUT2D eigenvalue weighted by molar-refractivity contribution is -0.137. The highest BCUT2D eigenvalue weighted by molar-refractivity contribution is 5.79. The van der Waals surface area contributed by atoms with E-state index in [1.165, 1.54) is 12.1 Å². The van der Waals surface area contributed by atoms with E-state index in [2.05, 4.69) is 0 Å². The van der Waals surface area contributed by atoms with Gasteiger partial charge < -0.3 is 14.9 Å². The fraction of sp³-hybridized carbons (Fsp3) is 0.417. The summed E-state index contributed by atoms with van der Waals surface area (Å²) in [6.07, 6.45) is -3.76. The van der Waals surface area contributed by atoms with Gasteiger partial charge in [-0.05, 0) is 30.2 Å². The maximum atomic E-state index is 13.4. The highest BCUT2D eigenvalue weighted by Crippen LogP contribution is 2.44. The number of hydrogen-bond acceptors (Lipinski definition) is 4. The molecular weight excluding hydrogens is 419 g/mol. The van der Waals surface area contributed by atoms with Crippen molar-refractivity contribution in [2.75, 3.05) is 37.7 Å². The van der Waals surface area contributed by atoms with Crippen LogP contribution in [0.2, 0.25) is 0 Å². The summed E-state index contributed by atoms with van der Waals surface area (Å²) in [5.41, 5.74) is -0.465. The van der Waals surface area contributed by atoms with E-state index in [0.29, 0.717) is 38.3 Å². The summed E-state index contributed by atoms with van der Waals surface area (Å²) in [5.74, 6) is -0.0614.